The third-order valence-corrected chi connectivity index (χ3v) is 3.36. The Kier molecular flexibility index (Phi) is 8.62. The number of hydrogen-bond donors (Lipinski definition) is 2. The topological polar surface area (TPSA) is 60.0 Å². The fraction of sp³-hybridized carbons (Fsp3) is 0.625. The molecule has 0 unspecified atom stereocenters. The lowest BCUT2D eigenvalue weighted by Crippen LogP contribution is -2.15. The van der Waals surface area contributed by atoms with Crippen LogP contribution in [0.5, 0.6) is 17.2 Å². The van der Waals surface area contributed by atoms with Gasteiger partial charge < -0.3 is 24.6 Å². The van der Waals surface area contributed by atoms with Gasteiger partial charge in [-0.3, -0.25) is 0 Å². The molecule has 1 rings (SSSR count). The Morgan fingerprint density at radius 1 is 0.905 bits per heavy atom. The molecule has 0 saturated carbocycles. The summed E-state index contributed by atoms with van der Waals surface area (Å²) >= 11 is 0. The summed E-state index contributed by atoms with van der Waals surface area (Å²) in [5, 5.41) is 12.1. The van der Waals surface area contributed by atoms with Crippen LogP contribution in [-0.4, -0.2) is 39.6 Å². The molecule has 0 heterocycles. The molecule has 0 amide bonds. The molecule has 0 bridgehead atoms. The quantitative estimate of drug-likeness (QED) is 0.614. The predicted octanol–water partition coefficient (Wildman–Crippen LogP) is 2.35. The lowest BCUT2D eigenvalue weighted by molar-refractivity contribution is 0.282. The van der Waals surface area contributed by atoms with Crippen LogP contribution in [0.2, 0.25) is 0 Å². The average molecular weight is 297 g/mol. The Bertz CT molecular complexity index is 410. The molecule has 0 fully saturated rings. The molecule has 5 nitrogen and oxygen atoms in total. The third kappa shape index (κ3) is 5.44. The molecule has 120 valence electrons. The van der Waals surface area contributed by atoms with E-state index in [-0.39, 0.29) is 6.61 Å². The number of hydrogen-bond acceptors (Lipinski definition) is 5. The van der Waals surface area contributed by atoms with Crippen molar-refractivity contribution in [1.82, 2.24) is 5.32 Å². The number of ether oxygens (including phenoxy) is 3. The Hall–Kier alpha value is -1.46. The molecular weight excluding hydrogens is 270 g/mol. The third-order valence-electron chi connectivity index (χ3n) is 3.36. The van der Waals surface area contributed by atoms with E-state index in [0.29, 0.717) is 17.2 Å². The van der Waals surface area contributed by atoms with Gasteiger partial charge in [0.05, 0.1) is 21.3 Å². The van der Waals surface area contributed by atoms with Crippen LogP contribution in [0, 0.1) is 0 Å². The van der Waals surface area contributed by atoms with E-state index in [0.717, 1.165) is 44.3 Å². The average Bonchev–Trinajstić information content (AvgIpc) is 2.52. The Morgan fingerprint density at radius 3 is 2.24 bits per heavy atom. The standard InChI is InChI=1S/C16H27NO4/c1-19-14-9-8-13(15(20-2)16(14)21-3)12-17-10-6-4-5-7-11-18/h8-9,17-18H,4-7,10-12H2,1-3H3. The van der Waals surface area contributed by atoms with Gasteiger partial charge in [-0.25, -0.2) is 0 Å². The van der Waals surface area contributed by atoms with Gasteiger partial charge in [0, 0.05) is 18.7 Å². The second-order valence-electron chi connectivity index (χ2n) is 4.81. The highest BCUT2D eigenvalue weighted by atomic mass is 16.5. The maximum absolute atomic E-state index is 8.72. The molecule has 0 atom stereocenters. The summed E-state index contributed by atoms with van der Waals surface area (Å²) in [7, 11) is 4.86. The van der Waals surface area contributed by atoms with Crippen LogP contribution in [0.4, 0.5) is 0 Å². The molecular formula is C16H27NO4. The summed E-state index contributed by atoms with van der Waals surface area (Å²) in [4.78, 5) is 0. The van der Waals surface area contributed by atoms with Crippen molar-refractivity contribution in [3.05, 3.63) is 17.7 Å². The Balaban J connectivity index is 2.51. The number of benzene rings is 1. The van der Waals surface area contributed by atoms with Gasteiger partial charge in [-0.15, -0.1) is 0 Å². The van der Waals surface area contributed by atoms with Gasteiger partial charge in [-0.05, 0) is 25.5 Å². The monoisotopic (exact) mass is 297 g/mol. The zero-order valence-corrected chi connectivity index (χ0v) is 13.3. The van der Waals surface area contributed by atoms with Crippen molar-refractivity contribution in [3.8, 4) is 17.2 Å². The fourth-order valence-electron chi connectivity index (χ4n) is 2.24. The number of nitrogens with one attached hydrogen (secondary N) is 1. The van der Waals surface area contributed by atoms with Crippen molar-refractivity contribution in [1.29, 1.82) is 0 Å². The molecule has 5 heteroatoms. The van der Waals surface area contributed by atoms with E-state index >= 15 is 0 Å². The first-order chi connectivity index (χ1) is 10.3. The highest BCUT2D eigenvalue weighted by Gasteiger charge is 2.15. The molecule has 0 aromatic heterocycles. The molecule has 0 aliphatic carbocycles. The largest absolute Gasteiger partial charge is 0.493 e. The number of aliphatic hydroxyl groups excluding tert-OH is 1. The van der Waals surface area contributed by atoms with Crippen molar-refractivity contribution in [2.75, 3.05) is 34.5 Å². The number of rotatable bonds is 11. The highest BCUT2D eigenvalue weighted by Crippen LogP contribution is 2.39. The molecule has 2 N–H and O–H groups in total. The lowest BCUT2D eigenvalue weighted by atomic mass is 10.1. The van der Waals surface area contributed by atoms with E-state index in [1.54, 1.807) is 21.3 Å². The number of aliphatic hydroxyl groups is 1. The van der Waals surface area contributed by atoms with E-state index in [2.05, 4.69) is 5.32 Å². The van der Waals surface area contributed by atoms with Crippen LogP contribution in [-0.2, 0) is 6.54 Å². The zero-order valence-electron chi connectivity index (χ0n) is 13.3. The fourth-order valence-corrected chi connectivity index (χ4v) is 2.24. The summed E-state index contributed by atoms with van der Waals surface area (Å²) in [6.07, 6.45) is 4.22. The number of unbranched alkanes of at least 4 members (excludes halogenated alkanes) is 3. The molecule has 0 aliphatic rings. The van der Waals surface area contributed by atoms with E-state index in [4.69, 9.17) is 19.3 Å². The van der Waals surface area contributed by atoms with Crippen molar-refractivity contribution < 1.29 is 19.3 Å². The van der Waals surface area contributed by atoms with E-state index in [9.17, 15) is 0 Å². The van der Waals surface area contributed by atoms with E-state index in [1.165, 1.54) is 0 Å². The molecule has 1 aromatic rings. The summed E-state index contributed by atoms with van der Waals surface area (Å²) in [5.74, 6) is 2.01. The minimum absolute atomic E-state index is 0.288. The van der Waals surface area contributed by atoms with Gasteiger partial charge in [0.2, 0.25) is 5.75 Å². The van der Waals surface area contributed by atoms with Gasteiger partial charge in [-0.2, -0.15) is 0 Å². The summed E-state index contributed by atoms with van der Waals surface area (Å²) in [6, 6.07) is 3.87. The first-order valence-corrected chi connectivity index (χ1v) is 7.37. The van der Waals surface area contributed by atoms with Crippen molar-refractivity contribution in [2.24, 2.45) is 0 Å². The van der Waals surface area contributed by atoms with Crippen LogP contribution < -0.4 is 19.5 Å². The first-order valence-electron chi connectivity index (χ1n) is 7.37. The second-order valence-corrected chi connectivity index (χ2v) is 4.81. The molecule has 0 aliphatic heterocycles. The Labute approximate surface area is 127 Å². The molecule has 1 aromatic carbocycles. The maximum Gasteiger partial charge on any atom is 0.203 e. The van der Waals surface area contributed by atoms with Crippen molar-refractivity contribution in [3.63, 3.8) is 0 Å². The first kappa shape index (κ1) is 17.6. The number of methoxy groups -OCH3 is 3. The van der Waals surface area contributed by atoms with Crippen molar-refractivity contribution >= 4 is 0 Å². The maximum atomic E-state index is 8.72. The summed E-state index contributed by atoms with van der Waals surface area (Å²) in [5.41, 5.74) is 1.05. The summed E-state index contributed by atoms with van der Waals surface area (Å²) in [6.45, 7) is 1.96. The Morgan fingerprint density at radius 2 is 1.62 bits per heavy atom. The highest BCUT2D eigenvalue weighted by molar-refractivity contribution is 5.55. The van der Waals surface area contributed by atoms with Gasteiger partial charge in [0.1, 0.15) is 0 Å². The molecule has 21 heavy (non-hydrogen) atoms. The van der Waals surface area contributed by atoms with Crippen LogP contribution in [0.3, 0.4) is 0 Å². The van der Waals surface area contributed by atoms with Gasteiger partial charge >= 0.3 is 0 Å². The minimum Gasteiger partial charge on any atom is -0.493 e. The predicted molar refractivity (Wildman–Crippen MR) is 83.4 cm³/mol. The van der Waals surface area contributed by atoms with Gasteiger partial charge in [0.25, 0.3) is 0 Å². The van der Waals surface area contributed by atoms with E-state index < -0.39 is 0 Å². The van der Waals surface area contributed by atoms with Crippen LogP contribution in [0.25, 0.3) is 0 Å². The van der Waals surface area contributed by atoms with Crippen LogP contribution >= 0.6 is 0 Å². The molecule has 0 saturated heterocycles. The van der Waals surface area contributed by atoms with Crippen LogP contribution in [0.15, 0.2) is 12.1 Å². The van der Waals surface area contributed by atoms with Gasteiger partial charge in [-0.1, -0.05) is 18.9 Å². The van der Waals surface area contributed by atoms with Crippen molar-refractivity contribution in [2.45, 2.75) is 32.2 Å². The van der Waals surface area contributed by atoms with Gasteiger partial charge in [0.15, 0.2) is 11.5 Å². The zero-order chi connectivity index (χ0) is 15.5. The lowest BCUT2D eigenvalue weighted by Gasteiger charge is -2.16. The van der Waals surface area contributed by atoms with E-state index in [1.807, 2.05) is 12.1 Å². The molecule has 0 radical (unpaired) electrons. The normalized spacial score (nSPS) is 10.5. The minimum atomic E-state index is 0.288. The van der Waals surface area contributed by atoms with Crippen LogP contribution in [0.1, 0.15) is 31.2 Å². The molecule has 0 spiro atoms. The smallest absolute Gasteiger partial charge is 0.203 e. The summed E-state index contributed by atoms with van der Waals surface area (Å²) < 4.78 is 16.1. The SMILES string of the molecule is COc1ccc(CNCCCCCCO)c(OC)c1OC. The second kappa shape index (κ2) is 10.3.